The van der Waals surface area contributed by atoms with Gasteiger partial charge in [0.25, 0.3) is 0 Å². The number of carbonyl (C=O) groups is 1. The maximum Gasteiger partial charge on any atom is 0.336 e. The minimum atomic E-state index is -1.04. The smallest absolute Gasteiger partial charge is 0.336 e. The lowest BCUT2D eigenvalue weighted by atomic mass is 10.1. The van der Waals surface area contributed by atoms with Crippen LogP contribution in [-0.4, -0.2) is 23.2 Å². The molecule has 1 N–H and O–H groups in total. The molecular formula is C11H13NO3. The average Bonchev–Trinajstić information content (AvgIpc) is 2.30. The van der Waals surface area contributed by atoms with Gasteiger partial charge in [0.1, 0.15) is 6.10 Å². The minimum absolute atomic E-state index is 0.191. The van der Waals surface area contributed by atoms with Crippen molar-refractivity contribution < 1.29 is 14.6 Å². The molecule has 4 heteroatoms. The van der Waals surface area contributed by atoms with E-state index in [0.29, 0.717) is 5.69 Å². The van der Waals surface area contributed by atoms with Crippen molar-refractivity contribution in [2.45, 2.75) is 13.0 Å². The van der Waals surface area contributed by atoms with Gasteiger partial charge in [-0.1, -0.05) is 12.1 Å². The molecule has 0 saturated carbocycles. The fraction of sp³-hybridized carbons (Fsp3) is 0.273. The summed E-state index contributed by atoms with van der Waals surface area (Å²) in [6, 6.07) is 5.14. The van der Waals surface area contributed by atoms with Gasteiger partial charge >= 0.3 is 5.97 Å². The van der Waals surface area contributed by atoms with Crippen LogP contribution in [-0.2, 0) is 9.53 Å². The average molecular weight is 207 g/mol. The number of hydrogen-bond donors (Lipinski definition) is 1. The number of methoxy groups -OCH3 is 1. The second-order valence-corrected chi connectivity index (χ2v) is 2.89. The van der Waals surface area contributed by atoms with Crippen molar-refractivity contribution in [3.8, 4) is 0 Å². The van der Waals surface area contributed by atoms with Crippen LogP contribution < -0.4 is 0 Å². The number of hydrogen-bond acceptors (Lipinski definition) is 4. The van der Waals surface area contributed by atoms with Gasteiger partial charge in [-0.3, -0.25) is 4.98 Å². The molecule has 15 heavy (non-hydrogen) atoms. The molecule has 0 radical (unpaired) electrons. The van der Waals surface area contributed by atoms with Crippen molar-refractivity contribution in [2.24, 2.45) is 0 Å². The molecule has 1 atom stereocenters. The summed E-state index contributed by atoms with van der Waals surface area (Å²) in [6.45, 7) is 1.67. The Morgan fingerprint density at radius 1 is 1.60 bits per heavy atom. The van der Waals surface area contributed by atoms with E-state index in [2.05, 4.69) is 9.72 Å². The van der Waals surface area contributed by atoms with Gasteiger partial charge in [0.15, 0.2) is 0 Å². The molecule has 0 fully saturated rings. The third kappa shape index (κ3) is 2.63. The fourth-order valence-electron chi connectivity index (χ4n) is 1.20. The quantitative estimate of drug-likeness (QED) is 0.598. The normalized spacial score (nSPS) is 13.4. The number of allylic oxidation sites excluding steroid dienone is 1. The monoisotopic (exact) mass is 207 g/mol. The van der Waals surface area contributed by atoms with E-state index in [1.54, 1.807) is 31.3 Å². The van der Waals surface area contributed by atoms with Gasteiger partial charge in [-0.2, -0.15) is 0 Å². The lowest BCUT2D eigenvalue weighted by Crippen LogP contribution is -2.13. The van der Waals surface area contributed by atoms with Crippen LogP contribution in [0.15, 0.2) is 36.0 Å². The van der Waals surface area contributed by atoms with Crippen LogP contribution in [0.25, 0.3) is 0 Å². The molecule has 0 aromatic carbocycles. The molecule has 0 amide bonds. The third-order valence-electron chi connectivity index (χ3n) is 1.99. The van der Waals surface area contributed by atoms with Gasteiger partial charge in [0.05, 0.1) is 18.4 Å². The van der Waals surface area contributed by atoms with Crippen molar-refractivity contribution >= 4 is 5.97 Å². The highest BCUT2D eigenvalue weighted by Crippen LogP contribution is 2.19. The standard InChI is InChI=1S/C11H13NO3/c1-3-8(11(14)15-2)10(13)9-6-4-5-7-12-9/h3-7,10,13H,1-2H3/b8-3+. The van der Waals surface area contributed by atoms with E-state index < -0.39 is 12.1 Å². The minimum Gasteiger partial charge on any atom is -0.466 e. The molecular weight excluding hydrogens is 194 g/mol. The van der Waals surface area contributed by atoms with Crippen molar-refractivity contribution in [3.63, 3.8) is 0 Å². The second kappa shape index (κ2) is 5.26. The molecule has 80 valence electrons. The van der Waals surface area contributed by atoms with Gasteiger partial charge in [0.2, 0.25) is 0 Å². The summed E-state index contributed by atoms with van der Waals surface area (Å²) in [5.41, 5.74) is 0.618. The number of carbonyl (C=O) groups excluding carboxylic acids is 1. The number of rotatable bonds is 3. The Kier molecular flexibility index (Phi) is 4.00. The first kappa shape index (κ1) is 11.4. The molecule has 1 aromatic heterocycles. The van der Waals surface area contributed by atoms with E-state index in [1.165, 1.54) is 13.2 Å². The van der Waals surface area contributed by atoms with Crippen molar-refractivity contribution in [1.82, 2.24) is 4.98 Å². The van der Waals surface area contributed by atoms with Crippen LogP contribution in [0.1, 0.15) is 18.7 Å². The van der Waals surface area contributed by atoms with Gasteiger partial charge in [-0.05, 0) is 19.1 Å². The number of aliphatic hydroxyl groups is 1. The highest BCUT2D eigenvalue weighted by atomic mass is 16.5. The molecule has 0 aliphatic rings. The summed E-state index contributed by atoms with van der Waals surface area (Å²) in [7, 11) is 1.27. The Bertz CT molecular complexity index is 359. The van der Waals surface area contributed by atoms with E-state index in [4.69, 9.17) is 0 Å². The van der Waals surface area contributed by atoms with Gasteiger partial charge in [0, 0.05) is 6.20 Å². The van der Waals surface area contributed by atoms with Crippen LogP contribution in [0.2, 0.25) is 0 Å². The van der Waals surface area contributed by atoms with Crippen LogP contribution >= 0.6 is 0 Å². The topological polar surface area (TPSA) is 59.4 Å². The zero-order valence-corrected chi connectivity index (χ0v) is 8.68. The molecule has 0 aliphatic heterocycles. The molecule has 1 unspecified atom stereocenters. The molecule has 0 saturated heterocycles. The number of aliphatic hydroxyl groups excluding tert-OH is 1. The van der Waals surface area contributed by atoms with Gasteiger partial charge in [-0.25, -0.2) is 4.79 Å². The molecule has 0 aliphatic carbocycles. The molecule has 0 bridgehead atoms. The van der Waals surface area contributed by atoms with Gasteiger partial charge in [-0.15, -0.1) is 0 Å². The lowest BCUT2D eigenvalue weighted by molar-refractivity contribution is -0.137. The molecule has 1 aromatic rings. The zero-order valence-electron chi connectivity index (χ0n) is 8.68. The Hall–Kier alpha value is -1.68. The Balaban J connectivity index is 2.93. The summed E-state index contributed by atoms with van der Waals surface area (Å²) < 4.78 is 4.55. The zero-order chi connectivity index (χ0) is 11.3. The van der Waals surface area contributed by atoms with E-state index >= 15 is 0 Å². The Morgan fingerprint density at radius 3 is 2.80 bits per heavy atom. The first-order valence-electron chi connectivity index (χ1n) is 4.54. The lowest BCUT2D eigenvalue weighted by Gasteiger charge is -2.11. The predicted octanol–water partition coefficient (Wildman–Crippen LogP) is 1.23. The molecule has 1 rings (SSSR count). The largest absolute Gasteiger partial charge is 0.466 e. The van der Waals surface area contributed by atoms with E-state index in [0.717, 1.165) is 0 Å². The fourth-order valence-corrected chi connectivity index (χ4v) is 1.20. The summed E-state index contributed by atoms with van der Waals surface area (Å²) >= 11 is 0. The van der Waals surface area contributed by atoms with Crippen molar-refractivity contribution in [2.75, 3.05) is 7.11 Å². The second-order valence-electron chi connectivity index (χ2n) is 2.89. The summed E-state index contributed by atoms with van der Waals surface area (Å²) in [4.78, 5) is 15.2. The highest BCUT2D eigenvalue weighted by molar-refractivity contribution is 5.89. The summed E-state index contributed by atoms with van der Waals surface area (Å²) in [5.74, 6) is -0.546. The van der Waals surface area contributed by atoms with Crippen molar-refractivity contribution in [1.29, 1.82) is 0 Å². The highest BCUT2D eigenvalue weighted by Gasteiger charge is 2.20. The molecule has 0 spiro atoms. The molecule has 1 heterocycles. The SMILES string of the molecule is C/C=C(/C(=O)OC)C(O)c1ccccn1. The van der Waals surface area contributed by atoms with E-state index in [-0.39, 0.29) is 5.57 Å². The molecule has 4 nitrogen and oxygen atoms in total. The first-order chi connectivity index (χ1) is 7.20. The van der Waals surface area contributed by atoms with Crippen LogP contribution in [0.5, 0.6) is 0 Å². The number of ether oxygens (including phenoxy) is 1. The number of esters is 1. The van der Waals surface area contributed by atoms with E-state index in [9.17, 15) is 9.90 Å². The number of nitrogens with zero attached hydrogens (tertiary/aromatic N) is 1. The van der Waals surface area contributed by atoms with Crippen LogP contribution in [0, 0.1) is 0 Å². The van der Waals surface area contributed by atoms with Crippen LogP contribution in [0.4, 0.5) is 0 Å². The van der Waals surface area contributed by atoms with E-state index in [1.807, 2.05) is 0 Å². The third-order valence-corrected chi connectivity index (χ3v) is 1.99. The van der Waals surface area contributed by atoms with Gasteiger partial charge < -0.3 is 9.84 Å². The first-order valence-corrected chi connectivity index (χ1v) is 4.54. The summed E-state index contributed by atoms with van der Waals surface area (Å²) in [6.07, 6.45) is 2.04. The predicted molar refractivity (Wildman–Crippen MR) is 55.0 cm³/mol. The van der Waals surface area contributed by atoms with Crippen LogP contribution in [0.3, 0.4) is 0 Å². The Morgan fingerprint density at radius 2 is 2.33 bits per heavy atom. The number of aromatic nitrogens is 1. The van der Waals surface area contributed by atoms with Crippen molar-refractivity contribution in [3.05, 3.63) is 41.7 Å². The summed E-state index contributed by atoms with van der Waals surface area (Å²) in [5, 5.41) is 9.85. The maximum atomic E-state index is 11.3. The Labute approximate surface area is 88.2 Å². The number of pyridine rings is 1. The maximum absolute atomic E-state index is 11.3.